The Morgan fingerprint density at radius 1 is 1.53 bits per heavy atom. The lowest BCUT2D eigenvalue weighted by atomic mass is 9.79. The number of carbonyl (C=O) groups is 1. The number of rotatable bonds is 4. The summed E-state index contributed by atoms with van der Waals surface area (Å²) in [5.74, 6) is 0.480. The highest BCUT2D eigenvalue weighted by Crippen LogP contribution is 2.30. The van der Waals surface area contributed by atoms with Gasteiger partial charge in [-0.25, -0.2) is 0 Å². The van der Waals surface area contributed by atoms with E-state index in [4.69, 9.17) is 5.73 Å². The van der Waals surface area contributed by atoms with E-state index in [2.05, 4.69) is 24.3 Å². The van der Waals surface area contributed by atoms with Crippen LogP contribution in [0, 0.1) is 11.8 Å². The Bertz CT molecular complexity index is 427. The molecule has 0 aromatic carbocycles. The monoisotopic (exact) mass is 264 g/mol. The lowest BCUT2D eigenvalue weighted by Gasteiger charge is -2.29. The Morgan fingerprint density at radius 3 is 2.89 bits per heavy atom. The van der Waals surface area contributed by atoms with Crippen molar-refractivity contribution in [2.24, 2.45) is 17.6 Å². The molecule has 19 heavy (non-hydrogen) atoms. The van der Waals surface area contributed by atoms with Crippen molar-refractivity contribution in [3.63, 3.8) is 0 Å². The first-order valence-corrected chi connectivity index (χ1v) is 7.17. The summed E-state index contributed by atoms with van der Waals surface area (Å²) < 4.78 is 1.84. The Kier molecular flexibility index (Phi) is 4.58. The van der Waals surface area contributed by atoms with Gasteiger partial charge in [0.25, 0.3) is 0 Å². The quantitative estimate of drug-likeness (QED) is 0.875. The molecule has 1 amide bonds. The van der Waals surface area contributed by atoms with Crippen molar-refractivity contribution in [2.45, 2.75) is 45.6 Å². The number of nitrogens with two attached hydrogens (primary N) is 1. The van der Waals surface area contributed by atoms with E-state index in [1.807, 2.05) is 10.9 Å². The Hall–Kier alpha value is -1.36. The fraction of sp³-hybridized carbons (Fsp3) is 0.714. The van der Waals surface area contributed by atoms with E-state index in [9.17, 15) is 4.79 Å². The highest BCUT2D eigenvalue weighted by atomic mass is 16.1. The zero-order chi connectivity index (χ0) is 13.8. The van der Waals surface area contributed by atoms with E-state index in [1.165, 1.54) is 6.42 Å². The topological polar surface area (TPSA) is 72.9 Å². The van der Waals surface area contributed by atoms with Crippen molar-refractivity contribution in [1.29, 1.82) is 0 Å². The summed E-state index contributed by atoms with van der Waals surface area (Å²) in [6, 6.07) is 0.303. The molecule has 1 aliphatic carbocycles. The molecular formula is C14H24N4O. The molecule has 0 radical (unpaired) electrons. The van der Waals surface area contributed by atoms with Crippen LogP contribution in [0.5, 0.6) is 0 Å². The summed E-state index contributed by atoms with van der Waals surface area (Å²) >= 11 is 0. The van der Waals surface area contributed by atoms with Gasteiger partial charge in [-0.3, -0.25) is 9.48 Å². The van der Waals surface area contributed by atoms with Crippen molar-refractivity contribution in [3.8, 4) is 0 Å². The van der Waals surface area contributed by atoms with Gasteiger partial charge in [0, 0.05) is 18.2 Å². The maximum Gasteiger partial charge on any atom is 0.227 e. The molecule has 1 fully saturated rings. The van der Waals surface area contributed by atoms with Crippen molar-refractivity contribution in [3.05, 3.63) is 12.4 Å². The lowest BCUT2D eigenvalue weighted by molar-refractivity contribution is -0.122. The number of hydrogen-bond donors (Lipinski definition) is 2. The van der Waals surface area contributed by atoms with Crippen LogP contribution < -0.4 is 11.1 Å². The molecule has 106 valence electrons. The van der Waals surface area contributed by atoms with E-state index >= 15 is 0 Å². The summed E-state index contributed by atoms with van der Waals surface area (Å²) in [5.41, 5.74) is 6.55. The Morgan fingerprint density at radius 2 is 2.26 bits per heavy atom. The van der Waals surface area contributed by atoms with Gasteiger partial charge in [0.2, 0.25) is 5.91 Å². The smallest absolute Gasteiger partial charge is 0.227 e. The molecule has 0 aliphatic heterocycles. The molecule has 1 heterocycles. The molecular weight excluding hydrogens is 240 g/mol. The van der Waals surface area contributed by atoms with E-state index in [0.29, 0.717) is 18.5 Å². The minimum atomic E-state index is 0.0566. The van der Waals surface area contributed by atoms with Gasteiger partial charge < -0.3 is 11.1 Å². The van der Waals surface area contributed by atoms with Crippen LogP contribution in [0.2, 0.25) is 0 Å². The predicted molar refractivity (Wildman–Crippen MR) is 75.7 cm³/mol. The Balaban J connectivity index is 1.99. The fourth-order valence-corrected chi connectivity index (χ4v) is 2.75. The van der Waals surface area contributed by atoms with Crippen LogP contribution in [-0.4, -0.2) is 22.2 Å². The number of amides is 1. The second-order valence-electron chi connectivity index (χ2n) is 5.68. The lowest BCUT2D eigenvalue weighted by Crippen LogP contribution is -2.35. The number of hydrogen-bond acceptors (Lipinski definition) is 3. The van der Waals surface area contributed by atoms with Crippen molar-refractivity contribution >= 4 is 11.6 Å². The molecule has 1 aromatic heterocycles. The third-order valence-electron chi connectivity index (χ3n) is 3.95. The zero-order valence-corrected chi connectivity index (χ0v) is 11.8. The molecule has 0 saturated heterocycles. The minimum Gasteiger partial charge on any atom is -0.330 e. The molecule has 1 aliphatic rings. The average Bonchev–Trinajstić information content (AvgIpc) is 2.87. The van der Waals surface area contributed by atoms with Crippen LogP contribution in [0.4, 0.5) is 5.69 Å². The van der Waals surface area contributed by atoms with E-state index in [0.717, 1.165) is 24.9 Å². The van der Waals surface area contributed by atoms with Crippen molar-refractivity contribution < 1.29 is 4.79 Å². The molecule has 2 atom stereocenters. The van der Waals surface area contributed by atoms with Crippen molar-refractivity contribution in [1.82, 2.24) is 9.78 Å². The first kappa shape index (κ1) is 14.1. The summed E-state index contributed by atoms with van der Waals surface area (Å²) in [7, 11) is 0. The van der Waals surface area contributed by atoms with Gasteiger partial charge in [-0.2, -0.15) is 5.10 Å². The van der Waals surface area contributed by atoms with Gasteiger partial charge in [-0.05, 0) is 39.2 Å². The van der Waals surface area contributed by atoms with Gasteiger partial charge in [-0.15, -0.1) is 0 Å². The maximum absolute atomic E-state index is 12.3. The van der Waals surface area contributed by atoms with Crippen LogP contribution in [0.3, 0.4) is 0 Å². The van der Waals surface area contributed by atoms with Gasteiger partial charge in [-0.1, -0.05) is 12.8 Å². The standard InChI is InChI=1S/C14H24N4O/c1-10(2)18-9-12(8-16-18)17-14(19)13-6-4-3-5-11(13)7-15/h8-11,13H,3-7,15H2,1-2H3,(H,17,19). The second-order valence-corrected chi connectivity index (χ2v) is 5.68. The number of carbonyl (C=O) groups excluding carboxylic acids is 1. The molecule has 1 aromatic rings. The molecule has 2 unspecified atom stereocenters. The molecule has 3 N–H and O–H groups in total. The molecule has 2 rings (SSSR count). The molecule has 0 spiro atoms. The molecule has 5 heteroatoms. The van der Waals surface area contributed by atoms with Gasteiger partial charge >= 0.3 is 0 Å². The second kappa shape index (κ2) is 6.19. The summed E-state index contributed by atoms with van der Waals surface area (Å²) in [5, 5.41) is 7.20. The molecule has 0 bridgehead atoms. The maximum atomic E-state index is 12.3. The average molecular weight is 264 g/mol. The first-order chi connectivity index (χ1) is 9.11. The number of aromatic nitrogens is 2. The fourth-order valence-electron chi connectivity index (χ4n) is 2.75. The molecule has 1 saturated carbocycles. The zero-order valence-electron chi connectivity index (χ0n) is 11.8. The number of nitrogens with zero attached hydrogens (tertiary/aromatic N) is 2. The molecule has 5 nitrogen and oxygen atoms in total. The normalized spacial score (nSPS) is 23.6. The predicted octanol–water partition coefficient (Wildman–Crippen LogP) is 2.17. The highest BCUT2D eigenvalue weighted by molar-refractivity contribution is 5.92. The highest BCUT2D eigenvalue weighted by Gasteiger charge is 2.30. The Labute approximate surface area is 114 Å². The first-order valence-electron chi connectivity index (χ1n) is 7.17. The minimum absolute atomic E-state index is 0.0566. The van der Waals surface area contributed by atoms with Crippen LogP contribution in [0.1, 0.15) is 45.6 Å². The summed E-state index contributed by atoms with van der Waals surface area (Å²) in [6.07, 6.45) is 7.92. The van der Waals surface area contributed by atoms with Crippen molar-refractivity contribution in [2.75, 3.05) is 11.9 Å². The van der Waals surface area contributed by atoms with E-state index < -0.39 is 0 Å². The number of nitrogens with one attached hydrogen (secondary N) is 1. The van der Waals surface area contributed by atoms with Gasteiger partial charge in [0.15, 0.2) is 0 Å². The van der Waals surface area contributed by atoms with Gasteiger partial charge in [0.05, 0.1) is 11.9 Å². The van der Waals surface area contributed by atoms with Crippen LogP contribution in [0.25, 0.3) is 0 Å². The van der Waals surface area contributed by atoms with Crippen LogP contribution >= 0.6 is 0 Å². The van der Waals surface area contributed by atoms with Crippen LogP contribution in [0.15, 0.2) is 12.4 Å². The summed E-state index contributed by atoms with van der Waals surface area (Å²) in [6.45, 7) is 4.72. The number of anilines is 1. The third-order valence-corrected chi connectivity index (χ3v) is 3.95. The SMILES string of the molecule is CC(C)n1cc(NC(=O)C2CCCCC2CN)cn1. The van der Waals surface area contributed by atoms with Crippen LogP contribution in [-0.2, 0) is 4.79 Å². The summed E-state index contributed by atoms with van der Waals surface area (Å²) in [4.78, 5) is 12.3. The van der Waals surface area contributed by atoms with E-state index in [1.54, 1.807) is 6.20 Å². The van der Waals surface area contributed by atoms with E-state index in [-0.39, 0.29) is 11.8 Å². The van der Waals surface area contributed by atoms with Gasteiger partial charge in [0.1, 0.15) is 0 Å². The third kappa shape index (κ3) is 3.35. The largest absolute Gasteiger partial charge is 0.330 e.